The van der Waals surface area contributed by atoms with Crippen LogP contribution in [-0.2, 0) is 11.3 Å². The Balaban J connectivity index is 2.00. The highest BCUT2D eigenvalue weighted by Crippen LogP contribution is 2.23. The predicted molar refractivity (Wildman–Crippen MR) is 61.4 cm³/mol. The number of methoxy groups -OCH3 is 1. The first-order valence-corrected chi connectivity index (χ1v) is 6.32. The molecule has 1 fully saturated rings. The van der Waals surface area contributed by atoms with E-state index in [0.717, 1.165) is 17.8 Å². The predicted octanol–water partition coefficient (Wildman–Crippen LogP) is 1.65. The van der Waals surface area contributed by atoms with Crippen molar-refractivity contribution in [3.8, 4) is 5.88 Å². The van der Waals surface area contributed by atoms with Gasteiger partial charge in [-0.1, -0.05) is 15.9 Å². The number of halogens is 1. The number of hydrogen-bond donors (Lipinski definition) is 0. The first-order chi connectivity index (χ1) is 7.20. The first kappa shape index (κ1) is 10.9. The number of carbonyl (C=O) groups is 1. The molecule has 0 radical (unpaired) electrons. The fraction of sp³-hybridized carbons (Fsp3) is 0.556. The van der Waals surface area contributed by atoms with E-state index in [1.54, 1.807) is 7.11 Å². The van der Waals surface area contributed by atoms with E-state index < -0.39 is 0 Å². The van der Waals surface area contributed by atoms with Crippen molar-refractivity contribution in [3.05, 3.63) is 10.9 Å². The molecule has 82 valence electrons. The van der Waals surface area contributed by atoms with E-state index in [4.69, 9.17) is 4.74 Å². The van der Waals surface area contributed by atoms with Crippen LogP contribution in [0.1, 0.15) is 11.3 Å². The minimum absolute atomic E-state index is 0.00711. The van der Waals surface area contributed by atoms with Crippen molar-refractivity contribution in [2.75, 3.05) is 13.7 Å². The van der Waals surface area contributed by atoms with E-state index in [1.165, 1.54) is 11.5 Å². The Hall–Kier alpha value is -0.620. The molecule has 4 nitrogen and oxygen atoms in total. The number of rotatable bonds is 3. The van der Waals surface area contributed by atoms with E-state index in [-0.39, 0.29) is 10.7 Å². The minimum atomic E-state index is -0.00711. The van der Waals surface area contributed by atoms with Gasteiger partial charge >= 0.3 is 0 Å². The summed E-state index contributed by atoms with van der Waals surface area (Å²) in [4.78, 5) is 14.5. The van der Waals surface area contributed by atoms with E-state index in [9.17, 15) is 4.79 Å². The lowest BCUT2D eigenvalue weighted by atomic mass is 10.4. The van der Waals surface area contributed by atoms with Crippen molar-refractivity contribution in [1.29, 1.82) is 0 Å². The lowest BCUT2D eigenvalue weighted by Crippen LogP contribution is -2.26. The quantitative estimate of drug-likeness (QED) is 0.795. The van der Waals surface area contributed by atoms with Crippen molar-refractivity contribution in [2.24, 2.45) is 0 Å². The van der Waals surface area contributed by atoms with Crippen molar-refractivity contribution in [2.45, 2.75) is 17.8 Å². The molecule has 2 rings (SSSR count). The maximum atomic E-state index is 11.6. The molecule has 1 aromatic heterocycles. The maximum Gasteiger partial charge on any atom is 0.236 e. The fourth-order valence-corrected chi connectivity index (χ4v) is 2.71. The molecule has 15 heavy (non-hydrogen) atoms. The largest absolute Gasteiger partial charge is 0.480 e. The number of hydrogen-bond acceptors (Lipinski definition) is 4. The molecule has 0 N–H and O–H groups in total. The highest BCUT2D eigenvalue weighted by molar-refractivity contribution is 9.10. The van der Waals surface area contributed by atoms with Gasteiger partial charge < -0.3 is 9.64 Å². The third kappa shape index (κ3) is 2.31. The molecule has 1 saturated heterocycles. The molecule has 1 amide bonds. The average Bonchev–Trinajstić information content (AvgIpc) is 2.80. The SMILES string of the molecule is COc1cc(CN2CCC(Br)C2=O)sn1. The lowest BCUT2D eigenvalue weighted by Gasteiger charge is -2.13. The van der Waals surface area contributed by atoms with Gasteiger partial charge in [-0.2, -0.15) is 4.37 Å². The Morgan fingerprint density at radius 2 is 2.60 bits per heavy atom. The smallest absolute Gasteiger partial charge is 0.236 e. The van der Waals surface area contributed by atoms with Gasteiger partial charge in [0.25, 0.3) is 0 Å². The summed E-state index contributed by atoms with van der Waals surface area (Å²) in [7, 11) is 1.59. The number of ether oxygens (including phenoxy) is 1. The second-order valence-corrected chi connectivity index (χ2v) is 5.35. The molecule has 1 unspecified atom stereocenters. The average molecular weight is 291 g/mol. The van der Waals surface area contributed by atoms with Crippen LogP contribution in [0.2, 0.25) is 0 Å². The highest BCUT2D eigenvalue weighted by Gasteiger charge is 2.29. The molecular formula is C9H11BrN2O2S. The minimum Gasteiger partial charge on any atom is -0.480 e. The Labute approximate surface area is 101 Å². The van der Waals surface area contributed by atoms with Gasteiger partial charge in [0.05, 0.1) is 18.5 Å². The summed E-state index contributed by atoms with van der Waals surface area (Å²) in [6.07, 6.45) is 0.884. The van der Waals surface area contributed by atoms with Gasteiger partial charge in [-0.05, 0) is 18.0 Å². The summed E-state index contributed by atoms with van der Waals surface area (Å²) < 4.78 is 9.08. The van der Waals surface area contributed by atoms with Crippen LogP contribution in [0, 0.1) is 0 Å². The number of likely N-dealkylation sites (tertiary alicyclic amines) is 1. The van der Waals surface area contributed by atoms with Gasteiger partial charge in [0.15, 0.2) is 0 Å². The van der Waals surface area contributed by atoms with Crippen LogP contribution >= 0.6 is 27.5 Å². The molecule has 0 saturated carbocycles. The van der Waals surface area contributed by atoms with Crippen LogP contribution in [0.3, 0.4) is 0 Å². The van der Waals surface area contributed by atoms with E-state index in [1.807, 2.05) is 11.0 Å². The Bertz CT molecular complexity index is 369. The number of amides is 1. The molecular weight excluding hydrogens is 280 g/mol. The zero-order chi connectivity index (χ0) is 10.8. The van der Waals surface area contributed by atoms with Crippen LogP contribution in [0.4, 0.5) is 0 Å². The lowest BCUT2D eigenvalue weighted by molar-refractivity contribution is -0.127. The second-order valence-electron chi connectivity index (χ2n) is 3.35. The molecule has 1 aliphatic heterocycles. The van der Waals surface area contributed by atoms with Crippen molar-refractivity contribution >= 4 is 33.4 Å². The third-order valence-electron chi connectivity index (χ3n) is 2.33. The maximum absolute atomic E-state index is 11.6. The molecule has 2 heterocycles. The second kappa shape index (κ2) is 4.49. The summed E-state index contributed by atoms with van der Waals surface area (Å²) in [5.41, 5.74) is 0. The van der Waals surface area contributed by atoms with Crippen LogP contribution in [0.25, 0.3) is 0 Å². The van der Waals surface area contributed by atoms with Gasteiger partial charge in [-0.15, -0.1) is 0 Å². The van der Waals surface area contributed by atoms with Gasteiger partial charge in [-0.25, -0.2) is 0 Å². The number of aromatic nitrogens is 1. The molecule has 0 spiro atoms. The number of carbonyl (C=O) groups excluding carboxylic acids is 1. The number of alkyl halides is 1. The van der Waals surface area contributed by atoms with Gasteiger partial charge in [0, 0.05) is 17.5 Å². The molecule has 1 aromatic rings. The van der Waals surface area contributed by atoms with Crippen LogP contribution in [0.15, 0.2) is 6.07 Å². The summed E-state index contributed by atoms with van der Waals surface area (Å²) in [6.45, 7) is 1.46. The Kier molecular flexibility index (Phi) is 3.25. The van der Waals surface area contributed by atoms with Crippen LogP contribution < -0.4 is 4.74 Å². The van der Waals surface area contributed by atoms with Crippen molar-refractivity contribution in [3.63, 3.8) is 0 Å². The topological polar surface area (TPSA) is 42.4 Å². The Morgan fingerprint density at radius 3 is 3.13 bits per heavy atom. The molecule has 6 heteroatoms. The first-order valence-electron chi connectivity index (χ1n) is 4.63. The van der Waals surface area contributed by atoms with Crippen LogP contribution in [0.5, 0.6) is 5.88 Å². The molecule has 1 aliphatic rings. The molecule has 1 atom stereocenters. The third-order valence-corrected chi connectivity index (χ3v) is 3.93. The fourth-order valence-electron chi connectivity index (χ4n) is 1.51. The van der Waals surface area contributed by atoms with E-state index in [0.29, 0.717) is 12.4 Å². The monoisotopic (exact) mass is 290 g/mol. The van der Waals surface area contributed by atoms with E-state index >= 15 is 0 Å². The summed E-state index contributed by atoms with van der Waals surface area (Å²) in [5.74, 6) is 0.791. The highest BCUT2D eigenvalue weighted by atomic mass is 79.9. The normalized spacial score (nSPS) is 21.1. The standard InChI is InChI=1S/C9H11BrN2O2S/c1-14-8-4-6(15-11-8)5-12-3-2-7(10)9(12)13/h4,7H,2-3,5H2,1H3. The zero-order valence-electron chi connectivity index (χ0n) is 8.27. The zero-order valence-corrected chi connectivity index (χ0v) is 10.7. The molecule has 0 aromatic carbocycles. The molecule has 0 aliphatic carbocycles. The van der Waals surface area contributed by atoms with Crippen LogP contribution in [-0.4, -0.2) is 33.7 Å². The van der Waals surface area contributed by atoms with E-state index in [2.05, 4.69) is 20.3 Å². The van der Waals surface area contributed by atoms with Crippen molar-refractivity contribution < 1.29 is 9.53 Å². The Morgan fingerprint density at radius 1 is 1.80 bits per heavy atom. The van der Waals surface area contributed by atoms with Gasteiger partial charge in [0.2, 0.25) is 11.8 Å². The van der Waals surface area contributed by atoms with Gasteiger partial charge in [-0.3, -0.25) is 4.79 Å². The molecule has 0 bridgehead atoms. The van der Waals surface area contributed by atoms with Crippen molar-refractivity contribution in [1.82, 2.24) is 9.27 Å². The summed E-state index contributed by atoms with van der Waals surface area (Å²) in [5, 5.41) is 0. The summed E-state index contributed by atoms with van der Waals surface area (Å²) in [6, 6.07) is 1.87. The van der Waals surface area contributed by atoms with Gasteiger partial charge in [0.1, 0.15) is 0 Å². The summed E-state index contributed by atoms with van der Waals surface area (Å²) >= 11 is 4.73. The number of nitrogens with zero attached hydrogens (tertiary/aromatic N) is 2.